The average molecular weight is 112 g/mol. The minimum Gasteiger partial charge on any atom is -0.0914 e. The molecule has 0 aromatic heterocycles. The van der Waals surface area contributed by atoms with E-state index in [-0.39, 0.29) is 0 Å². The molecule has 0 rings (SSSR count). The molecule has 0 nitrogen and oxygen atoms in total. The molecule has 0 saturated carbocycles. The lowest BCUT2D eigenvalue weighted by molar-refractivity contribution is 0.605. The van der Waals surface area contributed by atoms with Gasteiger partial charge in [-0.05, 0) is 25.7 Å². The Labute approximate surface area is 52.6 Å². The van der Waals surface area contributed by atoms with E-state index in [2.05, 4.69) is 32.9 Å². The molecule has 0 spiro atoms. The van der Waals surface area contributed by atoms with E-state index in [4.69, 9.17) is 0 Å². The van der Waals surface area contributed by atoms with Crippen LogP contribution in [0, 0.1) is 5.92 Å². The lowest BCUT2D eigenvalue weighted by Gasteiger charge is -2.02. The van der Waals surface area contributed by atoms with Crippen LogP contribution < -0.4 is 0 Å². The summed E-state index contributed by atoms with van der Waals surface area (Å²) in [6, 6.07) is 0. The normalized spacial score (nSPS) is 11.5. The predicted molar refractivity (Wildman–Crippen MR) is 38.9 cm³/mol. The topological polar surface area (TPSA) is 0 Å². The third-order valence-corrected chi connectivity index (χ3v) is 1.51. The van der Waals surface area contributed by atoms with Gasteiger partial charge in [0.05, 0.1) is 0 Å². The summed E-state index contributed by atoms with van der Waals surface area (Å²) in [5, 5.41) is 0. The van der Waals surface area contributed by atoms with Crippen molar-refractivity contribution in [1.29, 1.82) is 0 Å². The van der Waals surface area contributed by atoms with E-state index >= 15 is 0 Å². The molecule has 0 heterocycles. The van der Waals surface area contributed by atoms with Crippen LogP contribution in [0.4, 0.5) is 0 Å². The summed E-state index contributed by atoms with van der Waals surface area (Å²) < 4.78 is 0. The highest BCUT2D eigenvalue weighted by Gasteiger charge is 1.93. The lowest BCUT2D eigenvalue weighted by atomic mass is 10.0. The second kappa shape index (κ2) is 4.89. The second-order valence-electron chi connectivity index (χ2n) is 2.10. The van der Waals surface area contributed by atoms with Crippen molar-refractivity contribution in [3.63, 3.8) is 0 Å². The van der Waals surface area contributed by atoms with Crippen LogP contribution in [0.25, 0.3) is 0 Å². The van der Waals surface area contributed by atoms with Gasteiger partial charge >= 0.3 is 0 Å². The summed E-state index contributed by atoms with van der Waals surface area (Å²) in [6.45, 7) is 6.54. The van der Waals surface area contributed by atoms with Crippen molar-refractivity contribution in [2.45, 2.75) is 33.6 Å². The number of allylic oxidation sites excluding steroid dienone is 2. The van der Waals surface area contributed by atoms with Crippen molar-refractivity contribution in [2.75, 3.05) is 0 Å². The summed E-state index contributed by atoms with van der Waals surface area (Å²) in [6.07, 6.45) is 6.97. The van der Waals surface area contributed by atoms with Crippen LogP contribution >= 0.6 is 0 Å². The molecule has 0 aliphatic rings. The molecule has 0 saturated heterocycles. The fourth-order valence-electron chi connectivity index (χ4n) is 0.833. The van der Waals surface area contributed by atoms with Crippen LogP contribution in [0.3, 0.4) is 0 Å². The minimum absolute atomic E-state index is 0.819. The average Bonchev–Trinajstić information content (AvgIpc) is 1.83. The molecular weight excluding hydrogens is 96.1 g/mol. The fourth-order valence-corrected chi connectivity index (χ4v) is 0.833. The number of hydrogen-bond donors (Lipinski definition) is 0. The van der Waals surface area contributed by atoms with Crippen molar-refractivity contribution < 1.29 is 0 Å². The Balaban J connectivity index is 3.36. The van der Waals surface area contributed by atoms with Gasteiger partial charge < -0.3 is 0 Å². The maximum absolute atomic E-state index is 2.28. The van der Waals surface area contributed by atoms with Crippen LogP contribution in [0.1, 0.15) is 33.6 Å². The highest BCUT2D eigenvalue weighted by atomic mass is 14.0. The Hall–Kier alpha value is -0.260. The maximum atomic E-state index is 2.28. The molecule has 0 heteroatoms. The molecule has 0 amide bonds. The van der Waals surface area contributed by atoms with Crippen LogP contribution in [0.15, 0.2) is 12.2 Å². The minimum atomic E-state index is 0.819. The third-order valence-electron chi connectivity index (χ3n) is 1.51. The fraction of sp³-hybridized carbons (Fsp3) is 0.750. The highest BCUT2D eigenvalue weighted by Crippen LogP contribution is 2.07. The van der Waals surface area contributed by atoms with Gasteiger partial charge in [-0.1, -0.05) is 26.0 Å². The van der Waals surface area contributed by atoms with Crippen LogP contribution in [-0.2, 0) is 0 Å². The number of hydrogen-bond acceptors (Lipinski definition) is 0. The zero-order valence-corrected chi connectivity index (χ0v) is 6.15. The van der Waals surface area contributed by atoms with Gasteiger partial charge in [-0.3, -0.25) is 0 Å². The van der Waals surface area contributed by atoms with E-state index < -0.39 is 0 Å². The number of rotatable bonds is 3. The molecule has 0 aromatic rings. The van der Waals surface area contributed by atoms with Gasteiger partial charge in [-0.15, -0.1) is 0 Å². The van der Waals surface area contributed by atoms with Gasteiger partial charge in [0.15, 0.2) is 0 Å². The Morgan fingerprint density at radius 1 is 1.25 bits per heavy atom. The quantitative estimate of drug-likeness (QED) is 0.492. The monoisotopic (exact) mass is 112 g/mol. The smallest absolute Gasteiger partial charge is 0.0239 e. The molecule has 0 radical (unpaired) electrons. The lowest BCUT2D eigenvalue weighted by Crippen LogP contribution is -1.88. The van der Waals surface area contributed by atoms with Gasteiger partial charge in [0.1, 0.15) is 0 Å². The summed E-state index contributed by atoms with van der Waals surface area (Å²) in [5.41, 5.74) is 0. The Morgan fingerprint density at radius 3 is 1.88 bits per heavy atom. The first kappa shape index (κ1) is 7.74. The molecule has 0 atom stereocenters. The first-order valence-electron chi connectivity index (χ1n) is 3.47. The molecule has 48 valence electrons. The van der Waals surface area contributed by atoms with E-state index in [1.54, 1.807) is 0 Å². The SMILES string of the molecule is CC=CC(CC)CC. The molecule has 8 heavy (non-hydrogen) atoms. The van der Waals surface area contributed by atoms with Crippen molar-refractivity contribution in [2.24, 2.45) is 5.92 Å². The Kier molecular flexibility index (Phi) is 4.73. The zero-order valence-electron chi connectivity index (χ0n) is 6.15. The van der Waals surface area contributed by atoms with Gasteiger partial charge in [-0.2, -0.15) is 0 Å². The van der Waals surface area contributed by atoms with Gasteiger partial charge in [-0.25, -0.2) is 0 Å². The van der Waals surface area contributed by atoms with Gasteiger partial charge in [0, 0.05) is 0 Å². The molecule has 0 N–H and O–H groups in total. The standard InChI is InChI=1S/C8H16/c1-4-7-8(5-2)6-3/h4,7-8H,5-6H2,1-3H3. The highest BCUT2D eigenvalue weighted by molar-refractivity contribution is 4.83. The van der Waals surface area contributed by atoms with E-state index in [0.717, 1.165) is 5.92 Å². The largest absolute Gasteiger partial charge is 0.0914 e. The van der Waals surface area contributed by atoms with Crippen molar-refractivity contribution in [3.8, 4) is 0 Å². The van der Waals surface area contributed by atoms with Crippen LogP contribution in [-0.4, -0.2) is 0 Å². The first-order chi connectivity index (χ1) is 3.85. The molecule has 0 aromatic carbocycles. The van der Waals surface area contributed by atoms with Gasteiger partial charge in [0.2, 0.25) is 0 Å². The Morgan fingerprint density at radius 2 is 1.75 bits per heavy atom. The van der Waals surface area contributed by atoms with Crippen molar-refractivity contribution in [1.82, 2.24) is 0 Å². The summed E-state index contributed by atoms with van der Waals surface area (Å²) >= 11 is 0. The maximum Gasteiger partial charge on any atom is -0.0239 e. The van der Waals surface area contributed by atoms with E-state index in [1.165, 1.54) is 12.8 Å². The molecule has 0 aliphatic heterocycles. The van der Waals surface area contributed by atoms with E-state index in [9.17, 15) is 0 Å². The van der Waals surface area contributed by atoms with Crippen molar-refractivity contribution in [3.05, 3.63) is 12.2 Å². The van der Waals surface area contributed by atoms with Gasteiger partial charge in [0.25, 0.3) is 0 Å². The molecule has 0 fully saturated rings. The zero-order chi connectivity index (χ0) is 6.41. The van der Waals surface area contributed by atoms with Crippen molar-refractivity contribution >= 4 is 0 Å². The van der Waals surface area contributed by atoms with E-state index in [0.29, 0.717) is 0 Å². The molecule has 0 bridgehead atoms. The molecular formula is C8H16. The second-order valence-corrected chi connectivity index (χ2v) is 2.10. The summed E-state index contributed by atoms with van der Waals surface area (Å²) in [5.74, 6) is 0.819. The van der Waals surface area contributed by atoms with Crippen LogP contribution in [0.5, 0.6) is 0 Å². The predicted octanol–water partition coefficient (Wildman–Crippen LogP) is 3.00. The van der Waals surface area contributed by atoms with Crippen LogP contribution in [0.2, 0.25) is 0 Å². The summed E-state index contributed by atoms with van der Waals surface area (Å²) in [4.78, 5) is 0. The van der Waals surface area contributed by atoms with E-state index in [1.807, 2.05) is 0 Å². The summed E-state index contributed by atoms with van der Waals surface area (Å²) in [7, 11) is 0. The molecule has 0 unspecified atom stereocenters. The third kappa shape index (κ3) is 2.84. The first-order valence-corrected chi connectivity index (χ1v) is 3.47. The Bertz CT molecular complexity index is 58.4. The molecule has 0 aliphatic carbocycles.